The first-order chi connectivity index (χ1) is 15.2. The van der Waals surface area contributed by atoms with Gasteiger partial charge in [-0.2, -0.15) is 0 Å². The van der Waals surface area contributed by atoms with Gasteiger partial charge in [0.25, 0.3) is 0 Å². The lowest BCUT2D eigenvalue weighted by Gasteiger charge is -2.34. The van der Waals surface area contributed by atoms with Gasteiger partial charge in [-0.15, -0.1) is 0 Å². The molecule has 0 bridgehead atoms. The lowest BCUT2D eigenvalue weighted by molar-refractivity contribution is -0.133. The number of piperazine rings is 1. The Morgan fingerprint density at radius 3 is 2.52 bits per heavy atom. The number of ether oxygens (including phenoxy) is 2. The van der Waals surface area contributed by atoms with Crippen LogP contribution in [0.3, 0.4) is 0 Å². The van der Waals surface area contributed by atoms with Crippen molar-refractivity contribution in [2.75, 3.05) is 52.6 Å². The highest BCUT2D eigenvalue weighted by atomic mass is 16.7. The summed E-state index contributed by atoms with van der Waals surface area (Å²) in [6, 6.07) is 16.3. The molecule has 1 amide bonds. The summed E-state index contributed by atoms with van der Waals surface area (Å²) in [4.78, 5) is 19.5. The zero-order chi connectivity index (χ0) is 21.5. The van der Waals surface area contributed by atoms with Gasteiger partial charge in [0.2, 0.25) is 12.7 Å². The molecule has 0 unspecified atom stereocenters. The van der Waals surface area contributed by atoms with Crippen LogP contribution in [0, 0.1) is 0 Å². The van der Waals surface area contributed by atoms with E-state index in [-0.39, 0.29) is 12.7 Å². The van der Waals surface area contributed by atoms with Crippen LogP contribution in [0.25, 0.3) is 6.08 Å². The fourth-order valence-corrected chi connectivity index (χ4v) is 3.96. The Labute approximate surface area is 184 Å². The number of rotatable bonds is 8. The van der Waals surface area contributed by atoms with E-state index in [1.54, 1.807) is 0 Å². The molecule has 2 heterocycles. The van der Waals surface area contributed by atoms with Crippen molar-refractivity contribution in [1.29, 1.82) is 0 Å². The molecule has 2 aliphatic heterocycles. The minimum Gasteiger partial charge on any atom is -0.454 e. The molecule has 1 saturated heterocycles. The Hall–Kier alpha value is -2.83. The Morgan fingerprint density at radius 1 is 1.00 bits per heavy atom. The lowest BCUT2D eigenvalue weighted by Crippen LogP contribution is -2.49. The van der Waals surface area contributed by atoms with E-state index in [2.05, 4.69) is 46.2 Å². The molecule has 1 fully saturated rings. The number of hydrogen-bond acceptors (Lipinski definition) is 5. The van der Waals surface area contributed by atoms with E-state index >= 15 is 0 Å². The summed E-state index contributed by atoms with van der Waals surface area (Å²) in [5.41, 5.74) is 2.29. The van der Waals surface area contributed by atoms with Crippen molar-refractivity contribution < 1.29 is 14.3 Å². The number of hydrogen-bond donors (Lipinski definition) is 0. The van der Waals surface area contributed by atoms with Gasteiger partial charge in [0, 0.05) is 45.8 Å². The number of likely N-dealkylation sites (N-methyl/N-ethyl adjacent to an activating group) is 1. The predicted octanol–water partition coefficient (Wildman–Crippen LogP) is 3.09. The summed E-state index contributed by atoms with van der Waals surface area (Å²) < 4.78 is 10.8. The minimum atomic E-state index is 0.178. The summed E-state index contributed by atoms with van der Waals surface area (Å²) in [5.74, 6) is 1.71. The van der Waals surface area contributed by atoms with Gasteiger partial charge >= 0.3 is 0 Å². The summed E-state index contributed by atoms with van der Waals surface area (Å²) in [7, 11) is 0. The van der Waals surface area contributed by atoms with Gasteiger partial charge in [0.1, 0.15) is 0 Å². The maximum Gasteiger partial charge on any atom is 0.237 e. The SMILES string of the molecule is CCN(Cc1ccc2c(c1)OCO2)C(=O)CN1CCN(CC=Cc2ccccc2)CC1. The van der Waals surface area contributed by atoms with Crippen molar-refractivity contribution in [2.24, 2.45) is 0 Å². The van der Waals surface area contributed by atoms with Crippen LogP contribution >= 0.6 is 0 Å². The van der Waals surface area contributed by atoms with E-state index in [1.165, 1.54) is 5.56 Å². The van der Waals surface area contributed by atoms with Gasteiger partial charge in [0.15, 0.2) is 11.5 Å². The third-order valence-corrected chi connectivity index (χ3v) is 5.84. The fraction of sp³-hybridized carbons (Fsp3) is 0.400. The van der Waals surface area contributed by atoms with E-state index < -0.39 is 0 Å². The van der Waals surface area contributed by atoms with E-state index in [4.69, 9.17) is 9.47 Å². The second-order valence-corrected chi connectivity index (χ2v) is 7.99. The van der Waals surface area contributed by atoms with Crippen molar-refractivity contribution >= 4 is 12.0 Å². The molecule has 164 valence electrons. The molecule has 0 aliphatic carbocycles. The maximum atomic E-state index is 12.9. The van der Waals surface area contributed by atoms with Crippen LogP contribution in [0.15, 0.2) is 54.6 Å². The smallest absolute Gasteiger partial charge is 0.237 e. The molecular weight excluding hydrogens is 390 g/mol. The second kappa shape index (κ2) is 10.5. The van der Waals surface area contributed by atoms with Crippen LogP contribution < -0.4 is 9.47 Å². The highest BCUT2D eigenvalue weighted by molar-refractivity contribution is 5.78. The first-order valence-corrected chi connectivity index (χ1v) is 11.0. The zero-order valence-electron chi connectivity index (χ0n) is 18.2. The van der Waals surface area contributed by atoms with E-state index in [9.17, 15) is 4.79 Å². The average molecular weight is 422 g/mol. The van der Waals surface area contributed by atoms with Crippen molar-refractivity contribution in [3.05, 3.63) is 65.7 Å². The molecule has 0 N–H and O–H groups in total. The van der Waals surface area contributed by atoms with E-state index in [1.807, 2.05) is 36.1 Å². The van der Waals surface area contributed by atoms with Crippen molar-refractivity contribution in [3.63, 3.8) is 0 Å². The number of nitrogens with zero attached hydrogens (tertiary/aromatic N) is 3. The molecule has 6 heteroatoms. The lowest BCUT2D eigenvalue weighted by atomic mass is 10.2. The zero-order valence-corrected chi connectivity index (χ0v) is 18.2. The molecule has 2 aromatic rings. The molecular formula is C25H31N3O3. The van der Waals surface area contributed by atoms with Crippen molar-refractivity contribution in [1.82, 2.24) is 14.7 Å². The van der Waals surface area contributed by atoms with Gasteiger partial charge in [-0.1, -0.05) is 48.6 Å². The highest BCUT2D eigenvalue weighted by Gasteiger charge is 2.21. The Kier molecular flexibility index (Phi) is 7.22. The van der Waals surface area contributed by atoms with Crippen LogP contribution in [0.5, 0.6) is 11.5 Å². The van der Waals surface area contributed by atoms with Crippen LogP contribution in [-0.4, -0.2) is 73.2 Å². The van der Waals surface area contributed by atoms with Gasteiger partial charge in [-0.05, 0) is 30.2 Å². The number of fused-ring (bicyclic) bond motifs is 1. The van der Waals surface area contributed by atoms with Gasteiger partial charge < -0.3 is 14.4 Å². The molecule has 2 aliphatic rings. The molecule has 0 spiro atoms. The largest absolute Gasteiger partial charge is 0.454 e. The number of benzene rings is 2. The molecule has 31 heavy (non-hydrogen) atoms. The number of amides is 1. The van der Waals surface area contributed by atoms with Crippen LogP contribution in [0.4, 0.5) is 0 Å². The first kappa shape index (κ1) is 21.4. The minimum absolute atomic E-state index is 0.178. The van der Waals surface area contributed by atoms with Crippen molar-refractivity contribution in [3.8, 4) is 11.5 Å². The third kappa shape index (κ3) is 5.87. The van der Waals surface area contributed by atoms with Gasteiger partial charge in [-0.3, -0.25) is 14.6 Å². The summed E-state index contributed by atoms with van der Waals surface area (Å²) in [5, 5.41) is 0. The van der Waals surface area contributed by atoms with Crippen LogP contribution in [0.2, 0.25) is 0 Å². The number of carbonyl (C=O) groups is 1. The van der Waals surface area contributed by atoms with E-state index in [0.717, 1.165) is 49.8 Å². The molecule has 0 atom stereocenters. The highest BCUT2D eigenvalue weighted by Crippen LogP contribution is 2.32. The molecule has 6 nitrogen and oxygen atoms in total. The molecule has 0 radical (unpaired) electrons. The maximum absolute atomic E-state index is 12.9. The topological polar surface area (TPSA) is 45.3 Å². The predicted molar refractivity (Wildman–Crippen MR) is 122 cm³/mol. The molecule has 2 aromatic carbocycles. The van der Waals surface area contributed by atoms with Gasteiger partial charge in [0.05, 0.1) is 6.54 Å². The molecule has 0 aromatic heterocycles. The fourth-order valence-electron chi connectivity index (χ4n) is 3.96. The quantitative estimate of drug-likeness (QED) is 0.656. The summed E-state index contributed by atoms with van der Waals surface area (Å²) >= 11 is 0. The van der Waals surface area contributed by atoms with Crippen LogP contribution in [0.1, 0.15) is 18.1 Å². The van der Waals surface area contributed by atoms with Crippen LogP contribution in [-0.2, 0) is 11.3 Å². The normalized spacial score (nSPS) is 16.7. The van der Waals surface area contributed by atoms with Crippen molar-refractivity contribution in [2.45, 2.75) is 13.5 Å². The first-order valence-electron chi connectivity index (χ1n) is 11.0. The number of carbonyl (C=O) groups excluding carboxylic acids is 1. The Morgan fingerprint density at radius 2 is 1.74 bits per heavy atom. The Bertz CT molecular complexity index is 892. The Balaban J connectivity index is 1.22. The van der Waals surface area contributed by atoms with E-state index in [0.29, 0.717) is 19.6 Å². The molecule has 0 saturated carbocycles. The van der Waals surface area contributed by atoms with Gasteiger partial charge in [-0.25, -0.2) is 0 Å². The summed E-state index contributed by atoms with van der Waals surface area (Å²) in [6.07, 6.45) is 4.39. The summed E-state index contributed by atoms with van der Waals surface area (Å²) in [6.45, 7) is 8.83. The third-order valence-electron chi connectivity index (χ3n) is 5.84. The second-order valence-electron chi connectivity index (χ2n) is 7.99. The monoisotopic (exact) mass is 421 g/mol. The molecule has 4 rings (SSSR count). The standard InChI is InChI=1S/C25H31N3O3/c1-2-28(18-22-10-11-23-24(17-22)31-20-30-23)25(29)19-27-15-13-26(14-16-27)12-6-9-21-7-4-3-5-8-21/h3-11,17H,2,12-16,18-20H2,1H3. The average Bonchev–Trinajstić information content (AvgIpc) is 3.27.